The number of morpholine rings is 1. The van der Waals surface area contributed by atoms with Crippen molar-refractivity contribution in [3.63, 3.8) is 0 Å². The largest absolute Gasteiger partial charge is 0.378 e. The molecule has 102 valence electrons. The zero-order valence-electron chi connectivity index (χ0n) is 11.3. The summed E-state index contributed by atoms with van der Waals surface area (Å²) >= 11 is 0. The van der Waals surface area contributed by atoms with Crippen LogP contribution in [0.2, 0.25) is 0 Å². The second kappa shape index (κ2) is 4.77. The van der Waals surface area contributed by atoms with E-state index in [9.17, 15) is 4.79 Å². The molecule has 2 aliphatic heterocycles. The highest BCUT2D eigenvalue weighted by atomic mass is 16.5. The van der Waals surface area contributed by atoms with E-state index in [1.165, 1.54) is 0 Å². The lowest BCUT2D eigenvalue weighted by atomic mass is 10.3. The molecule has 0 atom stereocenters. The summed E-state index contributed by atoms with van der Waals surface area (Å²) in [5.41, 5.74) is 1.49. The summed E-state index contributed by atoms with van der Waals surface area (Å²) in [6.07, 6.45) is 1.79. The Balaban J connectivity index is 1.87. The van der Waals surface area contributed by atoms with E-state index in [-0.39, 0.29) is 11.9 Å². The van der Waals surface area contributed by atoms with E-state index in [4.69, 9.17) is 4.74 Å². The molecular weight excluding hydrogens is 244 g/mol. The van der Waals surface area contributed by atoms with Gasteiger partial charge >= 0.3 is 0 Å². The fraction of sp³-hybridized carbons (Fsp3) is 0.615. The average molecular weight is 262 g/mol. The van der Waals surface area contributed by atoms with Crippen LogP contribution in [0.4, 0.5) is 5.95 Å². The Morgan fingerprint density at radius 1 is 1.32 bits per heavy atom. The Hall–Kier alpha value is -1.69. The van der Waals surface area contributed by atoms with Crippen molar-refractivity contribution in [2.75, 3.05) is 31.2 Å². The third-order valence-electron chi connectivity index (χ3n) is 3.57. The average Bonchev–Trinajstić information content (AvgIpc) is 2.77. The van der Waals surface area contributed by atoms with Gasteiger partial charge in [0, 0.05) is 30.9 Å². The number of carbonyl (C=O) groups is 1. The Kier molecular flexibility index (Phi) is 3.10. The number of rotatable bonds is 2. The van der Waals surface area contributed by atoms with Crippen molar-refractivity contribution in [3.05, 3.63) is 17.5 Å². The van der Waals surface area contributed by atoms with Crippen molar-refractivity contribution in [2.45, 2.75) is 26.4 Å². The maximum absolute atomic E-state index is 12.3. The number of hydrogen-bond donors (Lipinski definition) is 0. The molecule has 0 unspecified atom stereocenters. The highest BCUT2D eigenvalue weighted by Crippen LogP contribution is 2.24. The number of fused-ring (bicyclic) bond motifs is 1. The molecule has 0 aromatic carbocycles. The molecule has 1 fully saturated rings. The van der Waals surface area contributed by atoms with Gasteiger partial charge in [0.05, 0.1) is 19.8 Å². The summed E-state index contributed by atoms with van der Waals surface area (Å²) in [5.74, 6) is 0.655. The summed E-state index contributed by atoms with van der Waals surface area (Å²) in [5, 5.41) is 0. The van der Waals surface area contributed by atoms with Crippen LogP contribution in [0.25, 0.3) is 0 Å². The molecule has 3 rings (SSSR count). The van der Waals surface area contributed by atoms with Gasteiger partial charge in [-0.25, -0.2) is 9.97 Å². The first-order valence-corrected chi connectivity index (χ1v) is 6.66. The second-order valence-corrected chi connectivity index (χ2v) is 5.17. The molecular formula is C13H18N4O2. The number of amides is 1. The Morgan fingerprint density at radius 3 is 2.74 bits per heavy atom. The molecule has 1 saturated heterocycles. The molecule has 0 saturated carbocycles. The predicted octanol–water partition coefficient (Wildman–Crippen LogP) is 0.677. The van der Waals surface area contributed by atoms with Gasteiger partial charge in [0.1, 0.15) is 5.69 Å². The Bertz CT molecular complexity index is 497. The minimum atomic E-state index is 0.0157. The number of ether oxygens (including phenoxy) is 1. The topological polar surface area (TPSA) is 58.6 Å². The van der Waals surface area contributed by atoms with Gasteiger partial charge in [-0.2, -0.15) is 0 Å². The molecule has 1 aromatic heterocycles. The quantitative estimate of drug-likeness (QED) is 0.784. The van der Waals surface area contributed by atoms with Crippen molar-refractivity contribution in [3.8, 4) is 0 Å². The zero-order valence-corrected chi connectivity index (χ0v) is 11.3. The van der Waals surface area contributed by atoms with Gasteiger partial charge in [0.25, 0.3) is 5.91 Å². The molecule has 0 aliphatic carbocycles. The van der Waals surface area contributed by atoms with Crippen LogP contribution in [-0.2, 0) is 11.3 Å². The molecule has 1 aromatic rings. The molecule has 6 nitrogen and oxygen atoms in total. The summed E-state index contributed by atoms with van der Waals surface area (Å²) < 4.78 is 5.31. The highest BCUT2D eigenvalue weighted by Gasteiger charge is 2.31. The minimum absolute atomic E-state index is 0.0157. The van der Waals surface area contributed by atoms with Crippen molar-refractivity contribution in [1.29, 1.82) is 0 Å². The van der Waals surface area contributed by atoms with Gasteiger partial charge in [0.2, 0.25) is 5.95 Å². The van der Waals surface area contributed by atoms with Crippen LogP contribution in [0.5, 0.6) is 0 Å². The molecule has 2 aliphatic rings. The summed E-state index contributed by atoms with van der Waals surface area (Å²) in [6.45, 7) is 7.58. The smallest absolute Gasteiger partial charge is 0.273 e. The van der Waals surface area contributed by atoms with Crippen LogP contribution < -0.4 is 4.90 Å². The van der Waals surface area contributed by atoms with Gasteiger partial charge in [-0.15, -0.1) is 0 Å². The fourth-order valence-corrected chi connectivity index (χ4v) is 2.42. The number of anilines is 1. The third-order valence-corrected chi connectivity index (χ3v) is 3.57. The molecule has 3 heterocycles. The maximum Gasteiger partial charge on any atom is 0.273 e. The first kappa shape index (κ1) is 12.3. The molecule has 0 bridgehead atoms. The zero-order chi connectivity index (χ0) is 13.4. The molecule has 0 radical (unpaired) electrons. The maximum atomic E-state index is 12.3. The van der Waals surface area contributed by atoms with Gasteiger partial charge in [-0.3, -0.25) is 4.79 Å². The standard InChI is InChI=1S/C13H18N4O2/c1-9(2)17-8-10-7-14-13(15-11(10)12(17)18)16-3-5-19-6-4-16/h7,9H,3-6,8H2,1-2H3. The van der Waals surface area contributed by atoms with Crippen LogP contribution in [-0.4, -0.2) is 53.1 Å². The summed E-state index contributed by atoms with van der Waals surface area (Å²) in [4.78, 5) is 25.0. The number of hydrogen-bond acceptors (Lipinski definition) is 5. The summed E-state index contributed by atoms with van der Waals surface area (Å²) in [6, 6.07) is 0.188. The molecule has 1 amide bonds. The number of nitrogens with zero attached hydrogens (tertiary/aromatic N) is 4. The van der Waals surface area contributed by atoms with Crippen LogP contribution in [0.15, 0.2) is 6.20 Å². The van der Waals surface area contributed by atoms with Crippen molar-refractivity contribution < 1.29 is 9.53 Å². The second-order valence-electron chi connectivity index (χ2n) is 5.17. The van der Waals surface area contributed by atoms with Gasteiger partial charge < -0.3 is 14.5 Å². The Labute approximate surface area is 112 Å². The summed E-state index contributed by atoms with van der Waals surface area (Å²) in [7, 11) is 0. The lowest BCUT2D eigenvalue weighted by Crippen LogP contribution is -2.37. The third kappa shape index (κ3) is 2.16. The van der Waals surface area contributed by atoms with Crippen molar-refractivity contribution in [2.24, 2.45) is 0 Å². The minimum Gasteiger partial charge on any atom is -0.378 e. The monoisotopic (exact) mass is 262 g/mol. The molecule has 0 spiro atoms. The van der Waals surface area contributed by atoms with Crippen LogP contribution in [0, 0.1) is 0 Å². The number of aromatic nitrogens is 2. The molecule has 0 N–H and O–H groups in total. The first-order chi connectivity index (χ1) is 9.16. The lowest BCUT2D eigenvalue weighted by molar-refractivity contribution is 0.0726. The fourth-order valence-electron chi connectivity index (χ4n) is 2.42. The van der Waals surface area contributed by atoms with Gasteiger partial charge in [-0.1, -0.05) is 0 Å². The lowest BCUT2D eigenvalue weighted by Gasteiger charge is -2.26. The Morgan fingerprint density at radius 2 is 2.05 bits per heavy atom. The number of carbonyl (C=O) groups excluding carboxylic acids is 1. The van der Waals surface area contributed by atoms with Crippen molar-refractivity contribution >= 4 is 11.9 Å². The normalized spacial score (nSPS) is 19.2. The predicted molar refractivity (Wildman–Crippen MR) is 70.1 cm³/mol. The van der Waals surface area contributed by atoms with E-state index < -0.39 is 0 Å². The van der Waals surface area contributed by atoms with E-state index in [0.717, 1.165) is 18.7 Å². The van der Waals surface area contributed by atoms with Gasteiger partial charge in [0.15, 0.2) is 0 Å². The van der Waals surface area contributed by atoms with E-state index in [1.54, 1.807) is 6.20 Å². The van der Waals surface area contributed by atoms with Crippen LogP contribution in [0.1, 0.15) is 29.9 Å². The van der Waals surface area contributed by atoms with Crippen LogP contribution >= 0.6 is 0 Å². The highest BCUT2D eigenvalue weighted by molar-refractivity contribution is 5.96. The van der Waals surface area contributed by atoms with E-state index in [2.05, 4.69) is 14.9 Å². The van der Waals surface area contributed by atoms with Gasteiger partial charge in [-0.05, 0) is 13.8 Å². The molecule has 19 heavy (non-hydrogen) atoms. The van der Waals surface area contributed by atoms with E-state index in [1.807, 2.05) is 18.7 Å². The van der Waals surface area contributed by atoms with Crippen molar-refractivity contribution in [1.82, 2.24) is 14.9 Å². The van der Waals surface area contributed by atoms with E-state index >= 15 is 0 Å². The first-order valence-electron chi connectivity index (χ1n) is 6.66. The van der Waals surface area contributed by atoms with Crippen LogP contribution in [0.3, 0.4) is 0 Å². The van der Waals surface area contributed by atoms with E-state index in [0.29, 0.717) is 31.4 Å². The SMILES string of the molecule is CC(C)N1Cc2cnc(N3CCOCC3)nc2C1=O. The molecule has 6 heteroatoms.